The largest absolute Gasteiger partial charge is 0.311 e. The van der Waals surface area contributed by atoms with Crippen molar-refractivity contribution < 1.29 is 0 Å². The first-order chi connectivity index (χ1) is 7.88. The third-order valence-corrected chi connectivity index (χ3v) is 4.32. The lowest BCUT2D eigenvalue weighted by Gasteiger charge is -2.09. The van der Waals surface area contributed by atoms with Gasteiger partial charge in [-0.05, 0) is 44.0 Å². The zero-order valence-corrected chi connectivity index (χ0v) is 10.9. The number of hydrogen-bond acceptors (Lipinski definition) is 2. The van der Waals surface area contributed by atoms with Gasteiger partial charge in [-0.25, -0.2) is 0 Å². The van der Waals surface area contributed by atoms with Crippen LogP contribution in [0.15, 0.2) is 18.2 Å². The Labute approximate surface area is 103 Å². The zero-order valence-electron chi connectivity index (χ0n) is 10.0. The topological polar surface area (TPSA) is 12.0 Å². The molecular weight excluding hydrogens is 214 g/mol. The SMILES string of the molecule is CCc1ccc(/C=C/C2CCCCCN2)s1. The summed E-state index contributed by atoms with van der Waals surface area (Å²) in [5, 5.41) is 3.59. The molecule has 1 aliphatic rings. The van der Waals surface area contributed by atoms with Crippen LogP contribution >= 0.6 is 11.3 Å². The molecule has 2 heterocycles. The molecule has 0 spiro atoms. The molecule has 1 fully saturated rings. The molecule has 0 bridgehead atoms. The predicted molar refractivity (Wildman–Crippen MR) is 73.0 cm³/mol. The average molecular weight is 235 g/mol. The van der Waals surface area contributed by atoms with Crippen molar-refractivity contribution in [2.24, 2.45) is 0 Å². The van der Waals surface area contributed by atoms with Gasteiger partial charge >= 0.3 is 0 Å². The molecule has 1 unspecified atom stereocenters. The molecule has 88 valence electrons. The highest BCUT2D eigenvalue weighted by molar-refractivity contribution is 7.12. The fourth-order valence-electron chi connectivity index (χ4n) is 2.10. The summed E-state index contributed by atoms with van der Waals surface area (Å²) >= 11 is 1.91. The lowest BCUT2D eigenvalue weighted by Crippen LogP contribution is -2.25. The maximum Gasteiger partial charge on any atom is 0.0270 e. The van der Waals surface area contributed by atoms with E-state index in [2.05, 4.69) is 36.5 Å². The summed E-state index contributed by atoms with van der Waals surface area (Å²) in [6, 6.07) is 5.07. The fourth-order valence-corrected chi connectivity index (χ4v) is 2.97. The summed E-state index contributed by atoms with van der Waals surface area (Å²) in [5.74, 6) is 0. The van der Waals surface area contributed by atoms with Crippen LogP contribution in [-0.4, -0.2) is 12.6 Å². The Balaban J connectivity index is 1.91. The lowest BCUT2D eigenvalue weighted by atomic mass is 10.1. The average Bonchev–Trinajstić information content (AvgIpc) is 2.61. The Morgan fingerprint density at radius 3 is 3.12 bits per heavy atom. The summed E-state index contributed by atoms with van der Waals surface area (Å²) < 4.78 is 0. The summed E-state index contributed by atoms with van der Waals surface area (Å²) in [6.07, 6.45) is 11.2. The smallest absolute Gasteiger partial charge is 0.0270 e. The molecule has 0 saturated carbocycles. The quantitative estimate of drug-likeness (QED) is 0.839. The highest BCUT2D eigenvalue weighted by Crippen LogP contribution is 2.19. The fraction of sp³-hybridized carbons (Fsp3) is 0.571. The van der Waals surface area contributed by atoms with Crippen molar-refractivity contribution >= 4 is 17.4 Å². The molecule has 2 rings (SSSR count). The lowest BCUT2D eigenvalue weighted by molar-refractivity contribution is 0.599. The highest BCUT2D eigenvalue weighted by Gasteiger charge is 2.07. The number of thiophene rings is 1. The molecule has 16 heavy (non-hydrogen) atoms. The molecule has 1 aliphatic heterocycles. The summed E-state index contributed by atoms with van der Waals surface area (Å²) in [7, 11) is 0. The van der Waals surface area contributed by atoms with Gasteiger partial charge in [-0.3, -0.25) is 0 Å². The standard InChI is InChI=1S/C14H21NS/c1-2-13-9-10-14(16-13)8-7-12-6-4-3-5-11-15-12/h7-10,12,15H,2-6,11H2,1H3/b8-7+. The van der Waals surface area contributed by atoms with E-state index in [-0.39, 0.29) is 0 Å². The minimum absolute atomic E-state index is 0.592. The first-order valence-electron chi connectivity index (χ1n) is 6.39. The molecule has 1 aromatic rings. The van der Waals surface area contributed by atoms with E-state index in [4.69, 9.17) is 0 Å². The number of nitrogens with one attached hydrogen (secondary N) is 1. The normalized spacial score (nSPS) is 22.4. The monoisotopic (exact) mass is 235 g/mol. The second-order valence-corrected chi connectivity index (χ2v) is 5.63. The maximum atomic E-state index is 3.59. The zero-order chi connectivity index (χ0) is 11.2. The molecule has 0 radical (unpaired) electrons. The van der Waals surface area contributed by atoms with E-state index >= 15 is 0 Å². The van der Waals surface area contributed by atoms with E-state index < -0.39 is 0 Å². The van der Waals surface area contributed by atoms with Crippen LogP contribution in [0.1, 0.15) is 42.4 Å². The van der Waals surface area contributed by atoms with Gasteiger partial charge < -0.3 is 5.32 Å². The van der Waals surface area contributed by atoms with Crippen molar-refractivity contribution in [2.45, 2.75) is 45.1 Å². The van der Waals surface area contributed by atoms with Crippen LogP contribution in [0.3, 0.4) is 0 Å². The van der Waals surface area contributed by atoms with Gasteiger partial charge in [0, 0.05) is 15.8 Å². The van der Waals surface area contributed by atoms with Crippen molar-refractivity contribution in [3.63, 3.8) is 0 Å². The Bertz CT molecular complexity index is 332. The molecule has 0 aliphatic carbocycles. The first kappa shape index (κ1) is 11.9. The molecule has 1 nitrogen and oxygen atoms in total. The van der Waals surface area contributed by atoms with Crippen LogP contribution in [0.4, 0.5) is 0 Å². The Kier molecular flexibility index (Phi) is 4.61. The molecule has 0 aromatic carbocycles. The van der Waals surface area contributed by atoms with E-state index in [0.717, 1.165) is 6.42 Å². The predicted octanol–water partition coefficient (Wildman–Crippen LogP) is 3.86. The van der Waals surface area contributed by atoms with Crippen LogP contribution in [0.2, 0.25) is 0 Å². The highest BCUT2D eigenvalue weighted by atomic mass is 32.1. The van der Waals surface area contributed by atoms with Gasteiger partial charge in [-0.2, -0.15) is 0 Å². The van der Waals surface area contributed by atoms with Gasteiger partial charge in [0.1, 0.15) is 0 Å². The first-order valence-corrected chi connectivity index (χ1v) is 7.20. The second kappa shape index (κ2) is 6.21. The summed E-state index contributed by atoms with van der Waals surface area (Å²) in [5.41, 5.74) is 0. The van der Waals surface area contributed by atoms with Gasteiger partial charge in [-0.1, -0.05) is 25.8 Å². The molecule has 1 saturated heterocycles. The van der Waals surface area contributed by atoms with E-state index in [0.29, 0.717) is 6.04 Å². The van der Waals surface area contributed by atoms with Crippen LogP contribution in [0.5, 0.6) is 0 Å². The van der Waals surface area contributed by atoms with Crippen LogP contribution in [-0.2, 0) is 6.42 Å². The molecule has 0 amide bonds. The van der Waals surface area contributed by atoms with Gasteiger partial charge in [-0.15, -0.1) is 11.3 Å². The Morgan fingerprint density at radius 2 is 2.31 bits per heavy atom. The Morgan fingerprint density at radius 1 is 1.38 bits per heavy atom. The number of rotatable bonds is 3. The Hall–Kier alpha value is -0.600. The van der Waals surface area contributed by atoms with Crippen LogP contribution in [0, 0.1) is 0 Å². The summed E-state index contributed by atoms with van der Waals surface area (Å²) in [6.45, 7) is 3.39. The van der Waals surface area contributed by atoms with Gasteiger partial charge in [0.05, 0.1) is 0 Å². The van der Waals surface area contributed by atoms with Crippen molar-refractivity contribution in [3.8, 4) is 0 Å². The van der Waals surface area contributed by atoms with E-state index in [1.54, 1.807) is 0 Å². The second-order valence-electron chi connectivity index (χ2n) is 4.43. The van der Waals surface area contributed by atoms with Gasteiger partial charge in [0.2, 0.25) is 0 Å². The number of hydrogen-bond donors (Lipinski definition) is 1. The summed E-state index contributed by atoms with van der Waals surface area (Å²) in [4.78, 5) is 2.87. The third-order valence-electron chi connectivity index (χ3n) is 3.12. The van der Waals surface area contributed by atoms with Crippen LogP contribution < -0.4 is 5.32 Å². The molecule has 2 heteroatoms. The number of aryl methyl sites for hydroxylation is 1. The molecule has 1 N–H and O–H groups in total. The van der Waals surface area contributed by atoms with Crippen molar-refractivity contribution in [1.29, 1.82) is 0 Å². The third kappa shape index (κ3) is 3.46. The van der Waals surface area contributed by atoms with Crippen molar-refractivity contribution in [2.75, 3.05) is 6.54 Å². The van der Waals surface area contributed by atoms with Crippen molar-refractivity contribution in [1.82, 2.24) is 5.32 Å². The van der Waals surface area contributed by atoms with Crippen molar-refractivity contribution in [3.05, 3.63) is 28.0 Å². The minimum atomic E-state index is 0.592. The van der Waals surface area contributed by atoms with E-state index in [9.17, 15) is 0 Å². The maximum absolute atomic E-state index is 3.59. The molecular formula is C14H21NS. The molecule has 1 aromatic heterocycles. The van der Waals surface area contributed by atoms with E-state index in [1.165, 1.54) is 42.0 Å². The molecule has 1 atom stereocenters. The van der Waals surface area contributed by atoms with Gasteiger partial charge in [0.15, 0.2) is 0 Å². The minimum Gasteiger partial charge on any atom is -0.311 e. The van der Waals surface area contributed by atoms with Gasteiger partial charge in [0.25, 0.3) is 0 Å². The van der Waals surface area contributed by atoms with Crippen LogP contribution in [0.25, 0.3) is 6.08 Å². The van der Waals surface area contributed by atoms with E-state index in [1.807, 2.05) is 11.3 Å².